The summed E-state index contributed by atoms with van der Waals surface area (Å²) in [5, 5.41) is 19.5. The molecule has 2 bridgehead atoms. The monoisotopic (exact) mass is 310 g/mol. The molecule has 0 amide bonds. The number of rotatable bonds is 0. The van der Waals surface area contributed by atoms with E-state index >= 15 is 0 Å². The zero-order valence-corrected chi connectivity index (χ0v) is 14.4. The van der Waals surface area contributed by atoms with Gasteiger partial charge in [-0.1, -0.05) is 24.3 Å². The summed E-state index contributed by atoms with van der Waals surface area (Å²) in [6.45, 7) is 8.45. The fourth-order valence-corrected chi connectivity index (χ4v) is 4.24. The topological polar surface area (TPSA) is 47.6 Å². The molecule has 0 aliphatic heterocycles. The molecule has 0 unspecified atom stereocenters. The third kappa shape index (κ3) is 1.69. The van der Waals surface area contributed by atoms with Crippen molar-refractivity contribution in [2.45, 2.75) is 39.5 Å². The number of nitrogens with zero attached hydrogens (tertiary/aromatic N) is 2. The smallest absolute Gasteiger partial charge is 0.0968 e. The fourth-order valence-electron chi connectivity index (χ4n) is 4.24. The Balaban J connectivity index is 2.13. The fraction of sp³-hybridized carbons (Fsp3) is 0.273. The van der Waals surface area contributed by atoms with E-state index in [-0.39, 0.29) is 11.8 Å². The molecule has 0 fully saturated rings. The van der Waals surface area contributed by atoms with E-state index in [0.717, 1.165) is 0 Å². The van der Waals surface area contributed by atoms with E-state index < -0.39 is 0 Å². The van der Waals surface area contributed by atoms with Crippen LogP contribution in [-0.4, -0.2) is 0 Å². The predicted molar refractivity (Wildman–Crippen MR) is 93.8 cm³/mol. The Bertz CT molecular complexity index is 884. The van der Waals surface area contributed by atoms with Crippen molar-refractivity contribution < 1.29 is 0 Å². The molecule has 0 heterocycles. The highest BCUT2D eigenvalue weighted by molar-refractivity contribution is 5.72. The molecule has 5 rings (SSSR count). The summed E-state index contributed by atoms with van der Waals surface area (Å²) in [6, 6.07) is 13.5. The van der Waals surface area contributed by atoms with Gasteiger partial charge < -0.3 is 0 Å². The molecular formula is C22H18N2. The third-order valence-electron chi connectivity index (χ3n) is 5.75. The van der Waals surface area contributed by atoms with Crippen LogP contribution in [0.5, 0.6) is 0 Å². The molecule has 116 valence electrons. The average molecular weight is 310 g/mol. The quantitative estimate of drug-likeness (QED) is 0.698. The summed E-state index contributed by atoms with van der Waals surface area (Å²) in [6.07, 6.45) is 0. The number of nitriles is 2. The normalized spacial score (nSPS) is 20.2. The van der Waals surface area contributed by atoms with Gasteiger partial charge in [0.05, 0.1) is 23.3 Å². The van der Waals surface area contributed by atoms with Gasteiger partial charge in [0.1, 0.15) is 0 Å². The highest BCUT2D eigenvalue weighted by Gasteiger charge is 2.43. The minimum absolute atomic E-state index is 0.0988. The molecule has 24 heavy (non-hydrogen) atoms. The van der Waals surface area contributed by atoms with Gasteiger partial charge in [-0.3, -0.25) is 0 Å². The number of benzene rings is 2. The Morgan fingerprint density at radius 3 is 1.04 bits per heavy atom. The number of hydrogen-bond donors (Lipinski definition) is 0. The first-order valence-electron chi connectivity index (χ1n) is 8.24. The Labute approximate surface area is 142 Å². The number of hydrogen-bond acceptors (Lipinski definition) is 2. The first-order chi connectivity index (χ1) is 11.5. The van der Waals surface area contributed by atoms with Gasteiger partial charge in [-0.2, -0.15) is 10.5 Å². The van der Waals surface area contributed by atoms with Gasteiger partial charge in [0, 0.05) is 11.8 Å². The third-order valence-corrected chi connectivity index (χ3v) is 5.75. The van der Waals surface area contributed by atoms with Gasteiger partial charge in [-0.25, -0.2) is 0 Å². The molecule has 0 saturated heterocycles. The minimum atomic E-state index is -0.0988. The van der Waals surface area contributed by atoms with Gasteiger partial charge in [0.25, 0.3) is 0 Å². The maximum atomic E-state index is 9.75. The number of aryl methyl sites for hydroxylation is 4. The Morgan fingerprint density at radius 2 is 0.833 bits per heavy atom. The molecule has 0 spiro atoms. The predicted octanol–water partition coefficient (Wildman–Crippen LogP) is 4.85. The van der Waals surface area contributed by atoms with Gasteiger partial charge in [0.15, 0.2) is 0 Å². The first-order valence-corrected chi connectivity index (χ1v) is 8.24. The minimum Gasteiger partial charge on any atom is -0.193 e. The summed E-state index contributed by atoms with van der Waals surface area (Å²) in [5.41, 5.74) is 11.0. The van der Waals surface area contributed by atoms with Gasteiger partial charge in [0.2, 0.25) is 0 Å². The van der Waals surface area contributed by atoms with Crippen LogP contribution in [0, 0.1) is 50.4 Å². The van der Waals surface area contributed by atoms with Crippen LogP contribution in [0.15, 0.2) is 35.4 Å². The molecule has 3 aliphatic rings. The van der Waals surface area contributed by atoms with Crippen molar-refractivity contribution in [3.8, 4) is 12.1 Å². The van der Waals surface area contributed by atoms with Crippen molar-refractivity contribution in [1.82, 2.24) is 0 Å². The Hall–Kier alpha value is -2.84. The molecule has 0 aromatic heterocycles. The summed E-state index contributed by atoms with van der Waals surface area (Å²) in [7, 11) is 0. The van der Waals surface area contributed by atoms with Gasteiger partial charge in [-0.05, 0) is 72.2 Å². The van der Waals surface area contributed by atoms with E-state index in [9.17, 15) is 10.5 Å². The lowest BCUT2D eigenvalue weighted by Gasteiger charge is -2.40. The molecule has 2 aromatic carbocycles. The highest BCUT2D eigenvalue weighted by atomic mass is 14.5. The standard InChI is InChI=1S/C22H18N2/c1-11-5-15-16(6-12(11)2)22-18-8-14(4)13(3)7-17(18)21(15)19(9-23)20(22)10-24/h5-8,21-22H,1-4H3. The Kier molecular flexibility index (Phi) is 2.96. The number of allylic oxidation sites excluding steroid dienone is 2. The molecule has 2 heteroatoms. The van der Waals surface area contributed by atoms with E-state index in [0.29, 0.717) is 11.1 Å². The average Bonchev–Trinajstić information content (AvgIpc) is 2.56. The molecule has 0 saturated carbocycles. The van der Waals surface area contributed by atoms with Crippen molar-refractivity contribution >= 4 is 0 Å². The van der Waals surface area contributed by atoms with Crippen LogP contribution in [0.25, 0.3) is 0 Å². The SMILES string of the molecule is Cc1cc2c(cc1C)C1C(C#N)=C(C#N)C2c2cc(C)c(C)cc21. The lowest BCUT2D eigenvalue weighted by molar-refractivity contribution is 0.757. The van der Waals surface area contributed by atoms with Crippen molar-refractivity contribution in [2.75, 3.05) is 0 Å². The summed E-state index contributed by atoms with van der Waals surface area (Å²) in [5.74, 6) is -0.198. The second-order valence-corrected chi connectivity index (χ2v) is 7.05. The van der Waals surface area contributed by atoms with Crippen LogP contribution in [0.2, 0.25) is 0 Å². The summed E-state index contributed by atoms with van der Waals surface area (Å²) >= 11 is 0. The van der Waals surface area contributed by atoms with Crippen LogP contribution in [-0.2, 0) is 0 Å². The van der Waals surface area contributed by atoms with Crippen LogP contribution in [0.3, 0.4) is 0 Å². The molecule has 2 aromatic rings. The maximum Gasteiger partial charge on any atom is 0.0968 e. The van der Waals surface area contributed by atoms with E-state index in [4.69, 9.17) is 0 Å². The molecule has 0 N–H and O–H groups in total. The van der Waals surface area contributed by atoms with Crippen LogP contribution >= 0.6 is 0 Å². The van der Waals surface area contributed by atoms with E-state index in [2.05, 4.69) is 64.1 Å². The van der Waals surface area contributed by atoms with Crippen LogP contribution in [0.4, 0.5) is 0 Å². The van der Waals surface area contributed by atoms with E-state index in [1.54, 1.807) is 0 Å². The first kappa shape index (κ1) is 14.7. The van der Waals surface area contributed by atoms with Crippen molar-refractivity contribution in [2.24, 2.45) is 0 Å². The van der Waals surface area contributed by atoms with Crippen molar-refractivity contribution in [3.63, 3.8) is 0 Å². The van der Waals surface area contributed by atoms with Crippen molar-refractivity contribution in [1.29, 1.82) is 10.5 Å². The lowest BCUT2D eigenvalue weighted by atomic mass is 9.60. The van der Waals surface area contributed by atoms with E-state index in [1.165, 1.54) is 44.5 Å². The molecule has 0 atom stereocenters. The summed E-state index contributed by atoms with van der Waals surface area (Å²) < 4.78 is 0. The van der Waals surface area contributed by atoms with Crippen molar-refractivity contribution in [3.05, 3.63) is 79.9 Å². The van der Waals surface area contributed by atoms with E-state index in [1.807, 2.05) is 0 Å². The maximum absolute atomic E-state index is 9.75. The Morgan fingerprint density at radius 1 is 0.583 bits per heavy atom. The zero-order chi connectivity index (χ0) is 17.2. The molecule has 0 radical (unpaired) electrons. The second-order valence-electron chi connectivity index (χ2n) is 7.05. The largest absolute Gasteiger partial charge is 0.193 e. The zero-order valence-electron chi connectivity index (χ0n) is 14.4. The van der Waals surface area contributed by atoms with Crippen LogP contribution < -0.4 is 0 Å². The second kappa shape index (κ2) is 4.83. The molecule has 2 nitrogen and oxygen atoms in total. The lowest BCUT2D eigenvalue weighted by Crippen LogP contribution is -2.28. The highest BCUT2D eigenvalue weighted by Crippen LogP contribution is 2.56. The van der Waals surface area contributed by atoms with Crippen LogP contribution in [0.1, 0.15) is 56.3 Å². The summed E-state index contributed by atoms with van der Waals surface area (Å²) in [4.78, 5) is 0. The van der Waals surface area contributed by atoms with Gasteiger partial charge in [-0.15, -0.1) is 0 Å². The molecular weight excluding hydrogens is 292 g/mol. The molecule has 3 aliphatic carbocycles. The van der Waals surface area contributed by atoms with Gasteiger partial charge >= 0.3 is 0 Å².